The molecule has 2 heteroatoms. The minimum atomic E-state index is -0.834. The zero-order valence-corrected chi connectivity index (χ0v) is 21.5. The zero-order valence-electron chi connectivity index (χ0n) is 19.8. The van der Waals surface area contributed by atoms with Crippen LogP contribution in [0.25, 0.3) is 20.4 Å². The lowest BCUT2D eigenvalue weighted by Gasteiger charge is -2.34. The molecule has 1 aliphatic rings. The van der Waals surface area contributed by atoms with Crippen LogP contribution >= 0.6 is 19.7 Å². The van der Waals surface area contributed by atoms with Gasteiger partial charge in [0.05, 0.1) is 0 Å². The summed E-state index contributed by atoms with van der Waals surface area (Å²) in [5, 5.41) is 4.21. The summed E-state index contributed by atoms with van der Waals surface area (Å²) in [5.74, 6) is 0. The largest absolute Gasteiger partial charge is 0.0874 e. The third-order valence-corrected chi connectivity index (χ3v) is 10.5. The minimum Gasteiger partial charge on any atom is -0.0874 e. The predicted octanol–water partition coefficient (Wildman–Crippen LogP) is 9.59. The van der Waals surface area contributed by atoms with Crippen LogP contribution in [0.1, 0.15) is 22.3 Å². The van der Waals surface area contributed by atoms with Crippen molar-refractivity contribution in [1.29, 1.82) is 0 Å². The van der Waals surface area contributed by atoms with E-state index in [-0.39, 0.29) is 0 Å². The number of hydrogen-bond donors (Lipinski definition) is 0. The van der Waals surface area contributed by atoms with Crippen LogP contribution in [0.3, 0.4) is 0 Å². The van der Waals surface area contributed by atoms with E-state index in [0.29, 0.717) is 0 Å². The molecule has 0 aromatic heterocycles. The number of benzene rings is 5. The molecular formula is C34H25PS. The first kappa shape index (κ1) is 22.8. The Morgan fingerprint density at radius 3 is 1.00 bits per heavy atom. The first-order valence-electron chi connectivity index (χ1n) is 12.1. The highest BCUT2D eigenvalue weighted by molar-refractivity contribution is 8.19. The molecule has 1 heterocycles. The van der Waals surface area contributed by atoms with Crippen molar-refractivity contribution in [1.82, 2.24) is 0 Å². The van der Waals surface area contributed by atoms with E-state index in [2.05, 4.69) is 152 Å². The van der Waals surface area contributed by atoms with E-state index in [1.54, 1.807) is 0 Å². The number of thioether (sulfide) groups is 1. The molecule has 0 radical (unpaired) electrons. The van der Waals surface area contributed by atoms with Crippen molar-refractivity contribution >= 4 is 45.4 Å². The Hall–Kier alpha value is -3.64. The molecule has 0 nitrogen and oxygen atoms in total. The Bertz CT molecular complexity index is 1410. The molecule has 5 aromatic carbocycles. The van der Waals surface area contributed by atoms with Crippen molar-refractivity contribution in [2.45, 2.75) is 0 Å². The topological polar surface area (TPSA) is 0 Å². The molecular weight excluding hydrogens is 471 g/mol. The fraction of sp³-hybridized carbons (Fsp3) is 0. The number of rotatable bonds is 5. The van der Waals surface area contributed by atoms with Crippen molar-refractivity contribution < 1.29 is 0 Å². The Balaban J connectivity index is 1.72. The lowest BCUT2D eigenvalue weighted by Crippen LogP contribution is -2.09. The first-order valence-corrected chi connectivity index (χ1v) is 14.3. The summed E-state index contributed by atoms with van der Waals surface area (Å²) in [7, 11) is -0.834. The molecule has 172 valence electrons. The maximum atomic E-state index is 2.30. The van der Waals surface area contributed by atoms with Gasteiger partial charge in [0.2, 0.25) is 0 Å². The monoisotopic (exact) mass is 496 g/mol. The van der Waals surface area contributed by atoms with E-state index in [0.717, 1.165) is 0 Å². The fourth-order valence-electron chi connectivity index (χ4n) is 4.63. The highest BCUT2D eigenvalue weighted by Gasteiger charge is 2.34. The zero-order chi connectivity index (χ0) is 24.2. The molecule has 36 heavy (non-hydrogen) atoms. The Morgan fingerprint density at radius 2 is 0.639 bits per heavy atom. The van der Waals surface area contributed by atoms with E-state index >= 15 is 0 Å². The van der Waals surface area contributed by atoms with Crippen LogP contribution in [0.15, 0.2) is 152 Å². The van der Waals surface area contributed by atoms with Crippen LogP contribution in [0.2, 0.25) is 0 Å². The van der Waals surface area contributed by atoms with Gasteiger partial charge in [-0.1, -0.05) is 163 Å². The van der Waals surface area contributed by atoms with Crippen LogP contribution in [-0.2, 0) is 0 Å². The molecule has 0 bridgehead atoms. The normalized spacial score (nSPS) is 14.2. The van der Waals surface area contributed by atoms with E-state index in [1.807, 2.05) is 11.8 Å². The maximum absolute atomic E-state index is 2.30. The van der Waals surface area contributed by atoms with Gasteiger partial charge >= 0.3 is 0 Å². The Kier molecular flexibility index (Phi) is 6.68. The predicted molar refractivity (Wildman–Crippen MR) is 160 cm³/mol. The SMILES string of the molecule is c1ccc(C2=C(c3ccccc3)P(c3ccccc3)C(c3ccccc3)=C(c3ccccc3)S2)cc1. The summed E-state index contributed by atoms with van der Waals surface area (Å²) in [6, 6.07) is 54.8. The second-order valence-corrected chi connectivity index (χ2v) is 11.7. The van der Waals surface area contributed by atoms with Crippen molar-refractivity contribution in [3.63, 3.8) is 0 Å². The quantitative estimate of drug-likeness (QED) is 0.218. The Labute approximate surface area is 218 Å². The number of hydrogen-bond acceptors (Lipinski definition) is 1. The van der Waals surface area contributed by atoms with Gasteiger partial charge in [0.15, 0.2) is 0 Å². The highest BCUT2D eigenvalue weighted by atomic mass is 32.2. The van der Waals surface area contributed by atoms with Gasteiger partial charge in [-0.15, -0.1) is 0 Å². The van der Waals surface area contributed by atoms with Crippen LogP contribution in [0.4, 0.5) is 0 Å². The lowest BCUT2D eigenvalue weighted by atomic mass is 10.1. The maximum Gasteiger partial charge on any atom is 0.0284 e. The van der Waals surface area contributed by atoms with Gasteiger partial charge in [-0.3, -0.25) is 0 Å². The van der Waals surface area contributed by atoms with E-state index < -0.39 is 7.92 Å². The summed E-state index contributed by atoms with van der Waals surface area (Å²) in [4.78, 5) is 2.69. The smallest absolute Gasteiger partial charge is 0.0284 e. The van der Waals surface area contributed by atoms with Gasteiger partial charge in [0.25, 0.3) is 0 Å². The summed E-state index contributed by atoms with van der Waals surface area (Å²) in [6.45, 7) is 0. The fourth-order valence-corrected chi connectivity index (χ4v) is 9.28. The molecule has 0 amide bonds. The van der Waals surface area contributed by atoms with Gasteiger partial charge in [-0.05, 0) is 35.5 Å². The molecule has 1 aliphatic heterocycles. The first-order chi connectivity index (χ1) is 17.9. The lowest BCUT2D eigenvalue weighted by molar-refractivity contribution is 1.61. The van der Waals surface area contributed by atoms with Gasteiger partial charge in [-0.25, -0.2) is 0 Å². The molecule has 0 N–H and O–H groups in total. The van der Waals surface area contributed by atoms with E-state index in [4.69, 9.17) is 0 Å². The highest BCUT2D eigenvalue weighted by Crippen LogP contribution is 2.70. The summed E-state index contributed by atoms with van der Waals surface area (Å²) < 4.78 is 0. The molecule has 0 aliphatic carbocycles. The van der Waals surface area contributed by atoms with E-state index in [9.17, 15) is 0 Å². The van der Waals surface area contributed by atoms with Crippen LogP contribution in [0.5, 0.6) is 0 Å². The van der Waals surface area contributed by atoms with Crippen molar-refractivity contribution in [3.05, 3.63) is 174 Å². The van der Waals surface area contributed by atoms with E-state index in [1.165, 1.54) is 48.0 Å². The van der Waals surface area contributed by atoms with Crippen molar-refractivity contribution in [2.75, 3.05) is 0 Å². The molecule has 6 rings (SSSR count). The third kappa shape index (κ3) is 4.49. The summed E-state index contributed by atoms with van der Waals surface area (Å²) in [5.41, 5.74) is 5.12. The molecule has 0 saturated heterocycles. The second kappa shape index (κ2) is 10.5. The molecule has 0 spiro atoms. The average Bonchev–Trinajstić information content (AvgIpc) is 2.98. The molecule has 0 saturated carbocycles. The van der Waals surface area contributed by atoms with Gasteiger partial charge in [0.1, 0.15) is 0 Å². The standard InChI is InChI=1S/C34H25PS/c1-6-16-26(17-7-1)31-33(28-20-10-3-11-21-28)36-34(29-22-12-4-13-23-29)32(27-18-8-2-9-19-27)35(31)30-24-14-5-15-25-30/h1-25H. The van der Waals surface area contributed by atoms with Crippen LogP contribution in [-0.4, -0.2) is 0 Å². The summed E-state index contributed by atoms with van der Waals surface area (Å²) in [6.07, 6.45) is 0. The minimum absolute atomic E-state index is 0.834. The molecule has 0 fully saturated rings. The average molecular weight is 497 g/mol. The van der Waals surface area contributed by atoms with Crippen LogP contribution in [0, 0.1) is 0 Å². The van der Waals surface area contributed by atoms with Crippen molar-refractivity contribution in [3.8, 4) is 0 Å². The third-order valence-electron chi connectivity index (χ3n) is 6.26. The molecule has 0 unspecified atom stereocenters. The van der Waals surface area contributed by atoms with Gasteiger partial charge in [-0.2, -0.15) is 0 Å². The van der Waals surface area contributed by atoms with Gasteiger partial charge < -0.3 is 0 Å². The molecule has 5 aromatic rings. The van der Waals surface area contributed by atoms with Gasteiger partial charge in [0, 0.05) is 20.4 Å². The summed E-state index contributed by atoms with van der Waals surface area (Å²) >= 11 is 1.92. The second-order valence-electron chi connectivity index (χ2n) is 8.59. The van der Waals surface area contributed by atoms with Crippen LogP contribution < -0.4 is 5.30 Å². The molecule has 0 atom stereocenters. The van der Waals surface area contributed by atoms with Crippen molar-refractivity contribution in [2.24, 2.45) is 0 Å². The Morgan fingerprint density at radius 1 is 0.333 bits per heavy atom.